The molecular weight excluding hydrogens is 2270 g/mol. The van der Waals surface area contributed by atoms with Crippen LogP contribution in [0.3, 0.4) is 0 Å². The molecule has 12 aromatic carbocycles. The number of ether oxygens (including phenoxy) is 9. The molecule has 0 spiro atoms. The van der Waals surface area contributed by atoms with E-state index in [9.17, 15) is 93.8 Å². The minimum atomic E-state index is -4.25. The fourth-order valence-corrected chi connectivity index (χ4v) is 23.1. The summed E-state index contributed by atoms with van der Waals surface area (Å²) in [4.78, 5) is 79.1. The normalized spacial score (nSPS) is 11.5. The van der Waals surface area contributed by atoms with E-state index in [1.165, 1.54) is 216 Å². The highest BCUT2D eigenvalue weighted by atomic mass is 79.9. The number of hydrogen-bond donors (Lipinski definition) is 0. The Morgan fingerprint density at radius 2 is 0.523 bits per heavy atom. The lowest BCUT2D eigenvalue weighted by molar-refractivity contribution is -0.384. The van der Waals surface area contributed by atoms with Crippen molar-refractivity contribution in [2.24, 2.45) is 0 Å². The van der Waals surface area contributed by atoms with E-state index < -0.39 is 133 Å². The van der Waals surface area contributed by atoms with Gasteiger partial charge < -0.3 is 69.1 Å². The van der Waals surface area contributed by atoms with E-state index in [2.05, 4.69) is 15.9 Å². The van der Waals surface area contributed by atoms with Gasteiger partial charge in [0.1, 0.15) is 56.6 Å². The van der Waals surface area contributed by atoms with Crippen LogP contribution in [0, 0.1) is 15.9 Å². The third-order valence-corrected chi connectivity index (χ3v) is 34.2. The molecular formula is C99H69BrCl6FNO35S6. The summed E-state index contributed by atoms with van der Waals surface area (Å²) in [5.74, 6) is 2.58. The average Bonchev–Trinajstić information content (AvgIpc) is 0.781. The maximum Gasteiger partial charge on any atom is 0.355 e. The highest BCUT2D eigenvalue weighted by Gasteiger charge is 2.33. The molecule has 0 atom stereocenters. The Balaban J connectivity index is 0.000000149. The van der Waals surface area contributed by atoms with Gasteiger partial charge in [-0.15, -0.1) is 0 Å². The van der Waals surface area contributed by atoms with Crippen molar-refractivity contribution in [3.05, 3.63) is 368 Å². The summed E-state index contributed by atoms with van der Waals surface area (Å²) in [5.41, 5.74) is -4.87. The second-order valence-electron chi connectivity index (χ2n) is 30.2. The van der Waals surface area contributed by atoms with Crippen LogP contribution in [-0.4, -0.2) is 119 Å². The molecule has 50 heteroatoms. The third kappa shape index (κ3) is 24.4. The topological polar surface area (TPSA) is 512 Å². The van der Waals surface area contributed by atoms with E-state index in [-0.39, 0.29) is 111 Å². The molecule has 0 aliphatic rings. The first kappa shape index (κ1) is 112. The molecule has 0 N–H and O–H groups in total. The lowest BCUT2D eigenvalue weighted by Gasteiger charge is -2.10. The highest BCUT2D eigenvalue weighted by Crippen LogP contribution is 2.40. The van der Waals surface area contributed by atoms with Gasteiger partial charge >= 0.3 is 33.8 Å². The van der Waals surface area contributed by atoms with Gasteiger partial charge in [0.2, 0.25) is 59.0 Å². The third-order valence-electron chi connectivity index (χ3n) is 21.3. The van der Waals surface area contributed by atoms with E-state index in [0.717, 1.165) is 46.9 Å². The molecule has 0 saturated carbocycles. The first-order valence-electron chi connectivity index (χ1n) is 41.6. The number of rotatable bonds is 22. The zero-order valence-electron chi connectivity index (χ0n) is 77.5. The van der Waals surface area contributed by atoms with Gasteiger partial charge in [0, 0.05) is 78.2 Å². The van der Waals surface area contributed by atoms with Gasteiger partial charge in [-0.3, -0.25) is 10.1 Å². The van der Waals surface area contributed by atoms with E-state index in [1.807, 2.05) is 0 Å². The Labute approximate surface area is 880 Å². The molecule has 0 fully saturated rings. The fraction of sp³-hybridized carbons (Fsp3) is 0.0909. The largest absolute Gasteiger partial charge is 0.497 e. The lowest BCUT2D eigenvalue weighted by Crippen LogP contribution is -2.14. The predicted octanol–water partition coefficient (Wildman–Crippen LogP) is 20.6. The average molecular weight is 2340 g/mol. The second-order valence-corrected chi connectivity index (χ2v) is 45.1. The Bertz CT molecular complexity index is 9410. The van der Waals surface area contributed by atoms with Gasteiger partial charge in [0.05, 0.1) is 123 Å². The van der Waals surface area contributed by atoms with Crippen molar-refractivity contribution in [2.45, 2.75) is 58.7 Å². The molecule has 149 heavy (non-hydrogen) atoms. The second kappa shape index (κ2) is 46.0. The van der Waals surface area contributed by atoms with Crippen molar-refractivity contribution >= 4 is 216 Å². The Kier molecular flexibility index (Phi) is 34.4. The number of benzene rings is 12. The van der Waals surface area contributed by atoms with Crippen molar-refractivity contribution in [1.29, 1.82) is 0 Å². The zero-order chi connectivity index (χ0) is 109. The fourth-order valence-electron chi connectivity index (χ4n) is 13.7. The summed E-state index contributed by atoms with van der Waals surface area (Å²) in [5, 5.41) is 13.6. The van der Waals surface area contributed by atoms with E-state index in [0.29, 0.717) is 72.0 Å². The number of sulfone groups is 6. The number of halogens is 8. The molecule has 0 amide bonds. The van der Waals surface area contributed by atoms with Crippen LogP contribution in [0.25, 0.3) is 65.8 Å². The maximum absolute atomic E-state index is 13.2. The summed E-state index contributed by atoms with van der Waals surface area (Å²) < 4.78 is 244. The van der Waals surface area contributed by atoms with Gasteiger partial charge in [-0.2, -0.15) is 0 Å². The molecule has 0 saturated heterocycles. The summed E-state index contributed by atoms with van der Waals surface area (Å²) in [6.45, 7) is 0. The van der Waals surface area contributed by atoms with Crippen LogP contribution < -0.4 is 76.4 Å². The molecule has 0 radical (unpaired) electrons. The minimum absolute atomic E-state index is 0.00329. The maximum atomic E-state index is 13.2. The Hall–Kier alpha value is -14.7. The van der Waals surface area contributed by atoms with Crippen LogP contribution in [0.5, 0.6) is 51.7 Å². The first-order valence-corrected chi connectivity index (χ1v) is 53.5. The van der Waals surface area contributed by atoms with Crippen LogP contribution in [0.15, 0.2) is 373 Å². The molecule has 6 heterocycles. The number of nitro benzene ring substituents is 1. The highest BCUT2D eigenvalue weighted by molar-refractivity contribution is 9.10. The lowest BCUT2D eigenvalue weighted by atomic mass is 10.2. The summed E-state index contributed by atoms with van der Waals surface area (Å²) in [6, 6.07) is 57.0. The minimum Gasteiger partial charge on any atom is -0.497 e. The molecule has 6 aromatic heterocycles. The van der Waals surface area contributed by atoms with Crippen LogP contribution in [-0.2, 0) is 59.0 Å². The van der Waals surface area contributed by atoms with Crippen molar-refractivity contribution in [3.8, 4) is 51.7 Å². The first-order chi connectivity index (χ1) is 70.5. The van der Waals surface area contributed by atoms with Crippen molar-refractivity contribution in [3.63, 3.8) is 0 Å². The number of nitrogens with zero attached hydrogens (tertiary/aromatic N) is 1. The van der Waals surface area contributed by atoms with Gasteiger partial charge in [0.15, 0.2) is 63.9 Å². The van der Waals surface area contributed by atoms with Crippen LogP contribution in [0.4, 0.5) is 10.1 Å². The number of nitro groups is 1. The Morgan fingerprint density at radius 1 is 0.255 bits per heavy atom. The molecule has 18 aromatic rings. The van der Waals surface area contributed by atoms with Crippen molar-refractivity contribution < 1.29 is 129 Å². The van der Waals surface area contributed by atoms with Gasteiger partial charge in [-0.1, -0.05) is 85.5 Å². The quantitative estimate of drug-likeness (QED) is 0.0263. The Morgan fingerprint density at radius 3 is 0.852 bits per heavy atom. The zero-order valence-corrected chi connectivity index (χ0v) is 88.5. The number of hydrogen-bond acceptors (Lipinski definition) is 35. The standard InChI is InChI=1S/C18H16O7S.C17H13BrO6S.C17H13ClO6S.C16H10Cl2O5S.C16H10ClFO5S.C15H7Cl2NO6S/c1-22-12-4-6-14-11(8-12)9-17(18(19)25-14)26(20,21)13-5-7-15(23-2)16(10-13)24-3;2*1-22-14-6-4-12(9-15(14)23-2)25(20,21)16-8-10-7-11(18)3-5-13(10)24-17(16)19;1-22-10-3-2-9-6-15(16(19)23-14(9)7-10)24(20,21)11-4-5-12(17)13(18)8-11;1-22-10-2-5-14-9(6-10)7-15(16(19)23-14)24(20,21)11-3-4-13(18)12(17)8-11;16-11-3-2-10(7-12(11)17)25(22,23)14-6-8-5-9(18(20)21)1-4-13(8)24-15(14)19/h4-10H,1-3H3;2*3-9H,1-2H3;2*2-8H,1H3;1-7H. The van der Waals surface area contributed by atoms with Crippen LogP contribution in [0.1, 0.15) is 0 Å². The number of methoxy groups -OCH3 is 9. The van der Waals surface area contributed by atoms with Crippen molar-refractivity contribution in [1.82, 2.24) is 0 Å². The predicted molar refractivity (Wildman–Crippen MR) is 550 cm³/mol. The van der Waals surface area contributed by atoms with Crippen molar-refractivity contribution in [2.75, 3.05) is 64.0 Å². The molecule has 772 valence electrons. The monoisotopic (exact) mass is 2330 g/mol. The molecule has 0 unspecified atom stereocenters. The smallest absolute Gasteiger partial charge is 0.355 e. The molecule has 0 bridgehead atoms. The number of fused-ring (bicyclic) bond motifs is 6. The van der Waals surface area contributed by atoms with Gasteiger partial charge in [-0.25, -0.2) is 83.7 Å². The van der Waals surface area contributed by atoms with Crippen LogP contribution in [0.2, 0.25) is 30.1 Å². The van der Waals surface area contributed by atoms with E-state index in [1.54, 1.807) is 60.7 Å². The van der Waals surface area contributed by atoms with E-state index in [4.69, 9.17) is 139 Å². The van der Waals surface area contributed by atoms with Gasteiger partial charge in [0.25, 0.3) is 5.69 Å². The molecule has 36 nitrogen and oxygen atoms in total. The number of non-ortho nitro benzene ring substituents is 1. The van der Waals surface area contributed by atoms with E-state index >= 15 is 0 Å². The summed E-state index contributed by atoms with van der Waals surface area (Å²) >= 11 is 38.1. The molecule has 18 rings (SSSR count). The summed E-state index contributed by atoms with van der Waals surface area (Å²) in [7, 11) is -12.0. The molecule has 0 aliphatic heterocycles. The molecule has 0 aliphatic carbocycles. The SMILES string of the molecule is COc1ccc(S(=O)(=O)c2cc3cc(Br)ccc3oc2=O)cc1OC.COc1ccc(S(=O)(=O)c2cc3cc(Cl)ccc3oc2=O)cc1OC.COc1ccc2cc(S(=O)(=O)c3ccc(Cl)c(Cl)c3)c(=O)oc2c1.COc1ccc2oc(=O)c(S(=O)(=O)c3ccc(F)c(Cl)c3)cc2c1.COc1ccc2oc(=O)c(S(=O)(=O)c3ccc(OC)c(OC)c3)cc2c1.O=c1oc2ccc([N+](=O)[O-])cc2cc1S(=O)(=O)c1ccc(Cl)c(Cl)c1. The van der Waals surface area contributed by atoms with Gasteiger partial charge in [-0.05, 0) is 218 Å². The summed E-state index contributed by atoms with van der Waals surface area (Å²) in [6.07, 6.45) is 0. The van der Waals surface area contributed by atoms with Crippen LogP contribution >= 0.6 is 85.5 Å².